The Morgan fingerprint density at radius 1 is 1.17 bits per heavy atom. The van der Waals surface area contributed by atoms with Gasteiger partial charge in [-0.3, -0.25) is 4.79 Å². The Kier molecular flexibility index (Phi) is 6.41. The Bertz CT molecular complexity index is 373. The summed E-state index contributed by atoms with van der Waals surface area (Å²) in [4.78, 5) is 12.0. The van der Waals surface area contributed by atoms with E-state index >= 15 is 0 Å². The molecule has 0 fully saturated rings. The van der Waals surface area contributed by atoms with Gasteiger partial charge in [0.25, 0.3) is 5.91 Å². The van der Waals surface area contributed by atoms with E-state index in [1.165, 1.54) is 5.56 Å². The van der Waals surface area contributed by atoms with Crippen LogP contribution in [0.15, 0.2) is 24.3 Å². The number of hydrogen-bond donors (Lipinski definition) is 1. The molecule has 1 N–H and O–H groups in total. The topological polar surface area (TPSA) is 29.1 Å². The normalized spacial score (nSPS) is 12.5. The maximum atomic E-state index is 12.0. The van der Waals surface area contributed by atoms with Crippen molar-refractivity contribution in [1.29, 1.82) is 0 Å². The lowest BCUT2D eigenvalue weighted by Crippen LogP contribution is -2.32. The van der Waals surface area contributed by atoms with E-state index in [1.807, 2.05) is 24.3 Å². The quantitative estimate of drug-likeness (QED) is 0.786. The van der Waals surface area contributed by atoms with Gasteiger partial charge in [-0.1, -0.05) is 41.9 Å². The summed E-state index contributed by atoms with van der Waals surface area (Å²) in [5, 5.41) is 3.86. The molecule has 0 aliphatic heterocycles. The minimum atomic E-state index is 0.0207. The molecule has 2 nitrogen and oxygen atoms in total. The van der Waals surface area contributed by atoms with Crippen LogP contribution in [0.3, 0.4) is 0 Å². The summed E-state index contributed by atoms with van der Waals surface area (Å²) in [5.74, 6) is 0.704. The molecule has 100 valence electrons. The third-order valence-corrected chi connectivity index (χ3v) is 3.57. The predicted molar refractivity (Wildman–Crippen MR) is 80.1 cm³/mol. The fraction of sp³-hybridized carbons (Fsp3) is 0.533. The Morgan fingerprint density at radius 2 is 1.78 bits per heavy atom. The molecule has 0 aromatic heterocycles. The summed E-state index contributed by atoms with van der Waals surface area (Å²) < 4.78 is 0. The number of nitrogens with one attached hydrogen (secondary N) is 1. The Balaban J connectivity index is 2.48. The van der Waals surface area contributed by atoms with Gasteiger partial charge in [-0.05, 0) is 43.4 Å². The molecular formula is C15H22BrNO. The molecule has 0 aliphatic carbocycles. The number of hydrogen-bond acceptors (Lipinski definition) is 1. The molecular weight excluding hydrogens is 290 g/mol. The van der Waals surface area contributed by atoms with Crippen molar-refractivity contribution in [1.82, 2.24) is 5.32 Å². The predicted octanol–water partition coefficient (Wildman–Crippen LogP) is 4.14. The van der Waals surface area contributed by atoms with Gasteiger partial charge in [0, 0.05) is 16.9 Å². The van der Waals surface area contributed by atoms with E-state index in [1.54, 1.807) is 0 Å². The molecule has 0 heterocycles. The van der Waals surface area contributed by atoms with Crippen LogP contribution in [0.2, 0.25) is 0 Å². The SMILES string of the molecule is CC(C)CCC(C)NC(=O)c1ccc(CBr)cc1. The summed E-state index contributed by atoms with van der Waals surface area (Å²) in [5.41, 5.74) is 1.91. The first-order valence-corrected chi connectivity index (χ1v) is 7.60. The Labute approximate surface area is 118 Å². The molecule has 0 aliphatic rings. The summed E-state index contributed by atoms with van der Waals surface area (Å²) in [6.07, 6.45) is 2.17. The third-order valence-electron chi connectivity index (χ3n) is 2.92. The number of carbonyl (C=O) groups excluding carboxylic acids is 1. The smallest absolute Gasteiger partial charge is 0.251 e. The second-order valence-corrected chi connectivity index (χ2v) is 5.74. The van der Waals surface area contributed by atoms with Crippen LogP contribution in [0.1, 0.15) is 49.5 Å². The van der Waals surface area contributed by atoms with Gasteiger partial charge < -0.3 is 5.32 Å². The second kappa shape index (κ2) is 7.57. The van der Waals surface area contributed by atoms with E-state index in [9.17, 15) is 4.79 Å². The van der Waals surface area contributed by atoms with Crippen molar-refractivity contribution in [3.63, 3.8) is 0 Å². The first-order chi connectivity index (χ1) is 8.52. The molecule has 0 bridgehead atoms. The molecule has 0 saturated heterocycles. The monoisotopic (exact) mass is 311 g/mol. The zero-order valence-corrected chi connectivity index (χ0v) is 13.0. The lowest BCUT2D eigenvalue weighted by atomic mass is 10.0. The highest BCUT2D eigenvalue weighted by molar-refractivity contribution is 9.08. The number of alkyl halides is 1. The maximum absolute atomic E-state index is 12.0. The fourth-order valence-corrected chi connectivity index (χ4v) is 2.08. The van der Waals surface area contributed by atoms with Gasteiger partial charge in [-0.15, -0.1) is 0 Å². The lowest BCUT2D eigenvalue weighted by Gasteiger charge is -2.15. The molecule has 1 atom stereocenters. The molecule has 1 aromatic rings. The van der Waals surface area contributed by atoms with Gasteiger partial charge in [0.1, 0.15) is 0 Å². The highest BCUT2D eigenvalue weighted by Crippen LogP contribution is 2.10. The lowest BCUT2D eigenvalue weighted by molar-refractivity contribution is 0.0937. The van der Waals surface area contributed by atoms with E-state index in [0.717, 1.165) is 23.7 Å². The van der Waals surface area contributed by atoms with Crippen molar-refractivity contribution in [3.05, 3.63) is 35.4 Å². The van der Waals surface area contributed by atoms with Gasteiger partial charge in [0.15, 0.2) is 0 Å². The molecule has 0 radical (unpaired) electrons. The number of amides is 1. The second-order valence-electron chi connectivity index (χ2n) is 5.18. The van der Waals surface area contributed by atoms with Crippen LogP contribution in [-0.4, -0.2) is 11.9 Å². The van der Waals surface area contributed by atoms with Gasteiger partial charge in [0.2, 0.25) is 0 Å². The van der Waals surface area contributed by atoms with Crippen LogP contribution >= 0.6 is 15.9 Å². The highest BCUT2D eigenvalue weighted by Gasteiger charge is 2.10. The summed E-state index contributed by atoms with van der Waals surface area (Å²) in [7, 11) is 0. The zero-order chi connectivity index (χ0) is 13.5. The number of rotatable bonds is 6. The molecule has 18 heavy (non-hydrogen) atoms. The minimum absolute atomic E-state index is 0.0207. The molecule has 3 heteroatoms. The van der Waals surface area contributed by atoms with E-state index < -0.39 is 0 Å². The first kappa shape index (κ1) is 15.2. The fourth-order valence-electron chi connectivity index (χ4n) is 1.71. The average Bonchev–Trinajstić information content (AvgIpc) is 2.36. The van der Waals surface area contributed by atoms with E-state index in [-0.39, 0.29) is 11.9 Å². The van der Waals surface area contributed by atoms with Crippen LogP contribution < -0.4 is 5.32 Å². The average molecular weight is 312 g/mol. The maximum Gasteiger partial charge on any atom is 0.251 e. The Hall–Kier alpha value is -0.830. The van der Waals surface area contributed by atoms with Crippen LogP contribution in [0.4, 0.5) is 0 Å². The van der Waals surface area contributed by atoms with E-state index in [2.05, 4.69) is 42.0 Å². The molecule has 1 rings (SSSR count). The summed E-state index contributed by atoms with van der Waals surface area (Å²) >= 11 is 3.39. The molecule has 0 saturated carbocycles. The van der Waals surface area contributed by atoms with Crippen molar-refractivity contribution in [2.45, 2.75) is 45.0 Å². The van der Waals surface area contributed by atoms with Crippen LogP contribution in [0.25, 0.3) is 0 Å². The summed E-state index contributed by atoms with van der Waals surface area (Å²) in [6.45, 7) is 6.47. The standard InChI is InChI=1S/C15H22BrNO/c1-11(2)4-5-12(3)17-15(18)14-8-6-13(10-16)7-9-14/h6-9,11-12H,4-5,10H2,1-3H3,(H,17,18). The van der Waals surface area contributed by atoms with Gasteiger partial charge in [-0.25, -0.2) is 0 Å². The van der Waals surface area contributed by atoms with Crippen molar-refractivity contribution in [2.24, 2.45) is 5.92 Å². The van der Waals surface area contributed by atoms with Gasteiger partial charge >= 0.3 is 0 Å². The first-order valence-electron chi connectivity index (χ1n) is 6.48. The van der Waals surface area contributed by atoms with Crippen LogP contribution in [0.5, 0.6) is 0 Å². The van der Waals surface area contributed by atoms with Crippen molar-refractivity contribution >= 4 is 21.8 Å². The molecule has 0 spiro atoms. The van der Waals surface area contributed by atoms with Crippen LogP contribution in [-0.2, 0) is 5.33 Å². The molecule has 1 aromatic carbocycles. The Morgan fingerprint density at radius 3 is 2.28 bits per heavy atom. The number of carbonyl (C=O) groups is 1. The van der Waals surface area contributed by atoms with Crippen molar-refractivity contribution in [2.75, 3.05) is 0 Å². The molecule has 1 unspecified atom stereocenters. The minimum Gasteiger partial charge on any atom is -0.350 e. The van der Waals surface area contributed by atoms with Gasteiger partial charge in [-0.2, -0.15) is 0 Å². The highest BCUT2D eigenvalue weighted by atomic mass is 79.9. The van der Waals surface area contributed by atoms with Crippen molar-refractivity contribution < 1.29 is 4.79 Å². The van der Waals surface area contributed by atoms with Crippen LogP contribution in [0, 0.1) is 5.92 Å². The van der Waals surface area contributed by atoms with Crippen molar-refractivity contribution in [3.8, 4) is 0 Å². The third kappa shape index (κ3) is 5.21. The number of halogens is 1. The largest absolute Gasteiger partial charge is 0.350 e. The number of benzene rings is 1. The van der Waals surface area contributed by atoms with E-state index in [0.29, 0.717) is 5.92 Å². The van der Waals surface area contributed by atoms with Gasteiger partial charge in [0.05, 0.1) is 0 Å². The van der Waals surface area contributed by atoms with E-state index in [4.69, 9.17) is 0 Å². The zero-order valence-electron chi connectivity index (χ0n) is 11.4. The molecule has 1 amide bonds. The summed E-state index contributed by atoms with van der Waals surface area (Å²) in [6, 6.07) is 7.93.